The predicted molar refractivity (Wildman–Crippen MR) is 107 cm³/mol. The molecule has 1 saturated carbocycles. The molecule has 150 valence electrons. The number of ether oxygens (including phenoxy) is 2. The fourth-order valence-corrected chi connectivity index (χ4v) is 5.15. The lowest BCUT2D eigenvalue weighted by Gasteiger charge is -2.27. The van der Waals surface area contributed by atoms with E-state index in [4.69, 9.17) is 15.2 Å². The molecule has 4 heteroatoms. The zero-order valence-electron chi connectivity index (χ0n) is 16.5. The van der Waals surface area contributed by atoms with Crippen molar-refractivity contribution in [1.29, 1.82) is 0 Å². The smallest absolute Gasteiger partial charge is 0.0611 e. The maximum Gasteiger partial charge on any atom is 0.0611 e. The van der Waals surface area contributed by atoms with Gasteiger partial charge < -0.3 is 20.3 Å². The van der Waals surface area contributed by atoms with Crippen LogP contribution in [0.4, 0.5) is 0 Å². The van der Waals surface area contributed by atoms with Gasteiger partial charge in [0.25, 0.3) is 0 Å². The van der Waals surface area contributed by atoms with Crippen molar-refractivity contribution in [2.24, 2.45) is 17.6 Å². The number of nitrogens with two attached hydrogens (primary N) is 1. The van der Waals surface area contributed by atoms with E-state index in [0.29, 0.717) is 17.8 Å². The predicted octanol–water partition coefficient (Wildman–Crippen LogP) is 3.19. The third kappa shape index (κ3) is 4.73. The third-order valence-corrected chi connectivity index (χ3v) is 7.04. The molecule has 1 heterocycles. The number of benzene rings is 1. The van der Waals surface area contributed by atoms with E-state index >= 15 is 0 Å². The molecule has 4 rings (SSSR count). The molecule has 2 fully saturated rings. The Morgan fingerprint density at radius 1 is 1.07 bits per heavy atom. The molecular weight excluding hydrogens is 338 g/mol. The van der Waals surface area contributed by atoms with Crippen molar-refractivity contribution in [3.05, 3.63) is 34.9 Å². The summed E-state index contributed by atoms with van der Waals surface area (Å²) in [6.07, 6.45) is 8.77. The summed E-state index contributed by atoms with van der Waals surface area (Å²) in [6.45, 7) is 3.70. The molecule has 1 unspecified atom stereocenters. The summed E-state index contributed by atoms with van der Waals surface area (Å²) < 4.78 is 11.5. The first-order valence-corrected chi connectivity index (χ1v) is 10.8. The number of aliphatic hydroxyl groups excluding tert-OH is 1. The molecule has 0 radical (unpaired) electrons. The van der Waals surface area contributed by atoms with E-state index in [2.05, 4.69) is 18.2 Å². The van der Waals surface area contributed by atoms with Crippen LogP contribution in [0.2, 0.25) is 0 Å². The van der Waals surface area contributed by atoms with Crippen LogP contribution >= 0.6 is 0 Å². The second-order valence-electron chi connectivity index (χ2n) is 9.19. The van der Waals surface area contributed by atoms with Crippen molar-refractivity contribution in [1.82, 2.24) is 0 Å². The van der Waals surface area contributed by atoms with Gasteiger partial charge >= 0.3 is 0 Å². The molecule has 1 saturated heterocycles. The molecule has 4 nitrogen and oxygen atoms in total. The Morgan fingerprint density at radius 2 is 1.89 bits per heavy atom. The van der Waals surface area contributed by atoms with Gasteiger partial charge in [-0.1, -0.05) is 18.2 Å². The molecule has 0 amide bonds. The summed E-state index contributed by atoms with van der Waals surface area (Å²) >= 11 is 0. The quantitative estimate of drug-likeness (QED) is 0.804. The van der Waals surface area contributed by atoms with Crippen LogP contribution in [0.1, 0.15) is 61.1 Å². The van der Waals surface area contributed by atoms with Crippen molar-refractivity contribution >= 4 is 0 Å². The van der Waals surface area contributed by atoms with Gasteiger partial charge in [-0.15, -0.1) is 0 Å². The molecule has 3 atom stereocenters. The van der Waals surface area contributed by atoms with Gasteiger partial charge in [0.2, 0.25) is 0 Å². The molecular formula is C23H35NO3. The number of aryl methyl sites for hydroxylation is 1. The van der Waals surface area contributed by atoms with Crippen molar-refractivity contribution in [3.8, 4) is 0 Å². The van der Waals surface area contributed by atoms with Crippen LogP contribution in [0.15, 0.2) is 18.2 Å². The minimum atomic E-state index is -0.368. The molecule has 0 spiro atoms. The first-order chi connectivity index (χ1) is 13.1. The molecule has 0 bridgehead atoms. The van der Waals surface area contributed by atoms with E-state index in [1.165, 1.54) is 23.1 Å². The lowest BCUT2D eigenvalue weighted by molar-refractivity contribution is 0.0101. The number of hydrogen-bond donors (Lipinski definition) is 2. The molecule has 1 aromatic carbocycles. The van der Waals surface area contributed by atoms with Crippen molar-refractivity contribution in [2.45, 2.75) is 62.8 Å². The van der Waals surface area contributed by atoms with E-state index in [1.807, 2.05) is 0 Å². The second-order valence-corrected chi connectivity index (χ2v) is 9.19. The second kappa shape index (κ2) is 8.60. The first kappa shape index (κ1) is 19.4. The van der Waals surface area contributed by atoms with Crippen LogP contribution in [0.3, 0.4) is 0 Å². The van der Waals surface area contributed by atoms with Gasteiger partial charge in [-0.2, -0.15) is 0 Å². The lowest BCUT2D eigenvalue weighted by atomic mass is 9.82. The van der Waals surface area contributed by atoms with E-state index in [0.717, 1.165) is 71.4 Å². The number of hydrogen-bond acceptors (Lipinski definition) is 4. The standard InChI is InChI=1S/C23H35NO3/c24-23(16-25)8-5-22(13-23)21-4-3-19-11-18(1-2-20(19)12-21)15-27-14-17-6-9-26-10-7-17/h3-4,12,17-18,22,25H,1-2,5-11,13-16,24H2/t18?,22-,23+/m0/s1. The van der Waals surface area contributed by atoms with Gasteiger partial charge in [0, 0.05) is 32.0 Å². The molecule has 1 aromatic rings. The van der Waals surface area contributed by atoms with Crippen molar-refractivity contribution < 1.29 is 14.6 Å². The Kier molecular flexibility index (Phi) is 6.18. The number of aliphatic hydroxyl groups is 1. The summed E-state index contributed by atoms with van der Waals surface area (Å²) in [4.78, 5) is 0. The SMILES string of the molecule is N[C@]1(CO)CC[C@H](c2ccc3c(c2)CCC(COCC2CCOCC2)C3)C1. The fourth-order valence-electron chi connectivity index (χ4n) is 5.15. The Morgan fingerprint density at radius 3 is 2.67 bits per heavy atom. The largest absolute Gasteiger partial charge is 0.394 e. The lowest BCUT2D eigenvalue weighted by Crippen LogP contribution is -2.40. The highest BCUT2D eigenvalue weighted by atomic mass is 16.5. The average molecular weight is 374 g/mol. The van der Waals surface area contributed by atoms with E-state index < -0.39 is 0 Å². The normalized spacial score (nSPS) is 31.8. The maximum atomic E-state index is 9.52. The fraction of sp³-hybridized carbons (Fsp3) is 0.739. The highest BCUT2D eigenvalue weighted by Gasteiger charge is 2.36. The van der Waals surface area contributed by atoms with Crippen molar-refractivity contribution in [2.75, 3.05) is 33.0 Å². The highest BCUT2D eigenvalue weighted by molar-refractivity contribution is 5.36. The zero-order chi connectivity index (χ0) is 18.7. The monoisotopic (exact) mass is 373 g/mol. The average Bonchev–Trinajstić information content (AvgIpc) is 3.11. The van der Waals surface area contributed by atoms with Crippen LogP contribution < -0.4 is 5.73 Å². The molecule has 3 aliphatic rings. The topological polar surface area (TPSA) is 64.7 Å². The van der Waals surface area contributed by atoms with Crippen LogP contribution in [-0.4, -0.2) is 43.7 Å². The Bertz CT molecular complexity index is 628. The summed E-state index contributed by atoms with van der Waals surface area (Å²) in [5.41, 5.74) is 10.3. The molecule has 1 aliphatic heterocycles. The van der Waals surface area contributed by atoms with Crippen LogP contribution in [0, 0.1) is 11.8 Å². The molecule has 2 aliphatic carbocycles. The summed E-state index contributed by atoms with van der Waals surface area (Å²) in [5, 5.41) is 9.52. The van der Waals surface area contributed by atoms with Gasteiger partial charge in [-0.05, 0) is 85.8 Å². The van der Waals surface area contributed by atoms with Gasteiger partial charge in [0.15, 0.2) is 0 Å². The highest BCUT2D eigenvalue weighted by Crippen LogP contribution is 2.40. The van der Waals surface area contributed by atoms with Crippen LogP contribution in [0.25, 0.3) is 0 Å². The van der Waals surface area contributed by atoms with Gasteiger partial charge in [0.1, 0.15) is 0 Å². The number of fused-ring (bicyclic) bond motifs is 1. The summed E-state index contributed by atoms with van der Waals surface area (Å²) in [6, 6.07) is 7.06. The zero-order valence-corrected chi connectivity index (χ0v) is 16.5. The van der Waals surface area contributed by atoms with Crippen LogP contribution in [0.5, 0.6) is 0 Å². The van der Waals surface area contributed by atoms with Gasteiger partial charge in [-0.25, -0.2) is 0 Å². The summed E-state index contributed by atoms with van der Waals surface area (Å²) in [5.74, 6) is 1.85. The Labute approximate surface area is 163 Å². The van der Waals surface area contributed by atoms with Gasteiger partial charge in [0.05, 0.1) is 6.61 Å². The minimum absolute atomic E-state index is 0.101. The van der Waals surface area contributed by atoms with Crippen molar-refractivity contribution in [3.63, 3.8) is 0 Å². The van der Waals surface area contributed by atoms with Crippen LogP contribution in [-0.2, 0) is 22.3 Å². The third-order valence-electron chi connectivity index (χ3n) is 7.04. The van der Waals surface area contributed by atoms with E-state index in [9.17, 15) is 5.11 Å². The first-order valence-electron chi connectivity index (χ1n) is 10.8. The van der Waals surface area contributed by atoms with Gasteiger partial charge in [-0.3, -0.25) is 0 Å². The molecule has 3 N–H and O–H groups in total. The number of rotatable bonds is 6. The minimum Gasteiger partial charge on any atom is -0.394 e. The Hall–Kier alpha value is -0.940. The van der Waals surface area contributed by atoms with E-state index in [-0.39, 0.29) is 12.1 Å². The molecule has 27 heavy (non-hydrogen) atoms. The maximum absolute atomic E-state index is 9.52. The van der Waals surface area contributed by atoms with E-state index in [1.54, 1.807) is 0 Å². The summed E-state index contributed by atoms with van der Waals surface area (Å²) in [7, 11) is 0. The Balaban J connectivity index is 1.29. The molecule has 0 aromatic heterocycles.